The van der Waals surface area contributed by atoms with Crippen LogP contribution in [0.4, 0.5) is 0 Å². The Kier molecular flexibility index (Phi) is 50.3. The van der Waals surface area contributed by atoms with Gasteiger partial charge in [0.15, 0.2) is 0 Å². The van der Waals surface area contributed by atoms with Crippen molar-refractivity contribution in [3.05, 3.63) is 5.32 Å². The van der Waals surface area contributed by atoms with Gasteiger partial charge in [-0.05, 0) is 0 Å². The second kappa shape index (κ2) is 25.4. The summed E-state index contributed by atoms with van der Waals surface area (Å²) >= 11 is 0. The zero-order chi connectivity index (χ0) is 6.12. The summed E-state index contributed by atoms with van der Waals surface area (Å²) in [5.41, 5.74) is 0. The maximum Gasteiger partial charge on any atom is 0 e. The smallest absolute Gasteiger partial charge is 0 e. The van der Waals surface area contributed by atoms with E-state index in [0.717, 1.165) is 13.1 Å². The van der Waals surface area contributed by atoms with E-state index < -0.39 is 0 Å². The normalized spacial score (nSPS) is 6.00. The van der Waals surface area contributed by atoms with E-state index in [-0.39, 0.29) is 21.1 Å². The molecule has 8 heavy (non-hydrogen) atoms. The van der Waals surface area contributed by atoms with Crippen LogP contribution in [0.2, 0.25) is 0 Å². The Morgan fingerprint density at radius 1 is 1.00 bits per heavy atom. The molecule has 0 aromatic carbocycles. The average Bonchev–Trinajstić information content (AvgIpc) is 1.75. The summed E-state index contributed by atoms with van der Waals surface area (Å²) in [5, 5.41) is 3.97. The molecule has 0 bridgehead atoms. The molecule has 0 aromatic heterocycles. The molecule has 0 amide bonds. The molecule has 0 aromatic rings. The largest absolute Gasteiger partial charge is 0.663 e. The topological polar surface area (TPSA) is 14.1 Å². The molecule has 1 nitrogen and oxygen atoms in total. The fraction of sp³-hybridized carbons (Fsp3) is 1.00. The maximum atomic E-state index is 3.97. The molecule has 0 aliphatic heterocycles. The summed E-state index contributed by atoms with van der Waals surface area (Å²) in [4.78, 5) is 0. The van der Waals surface area contributed by atoms with Crippen LogP contribution in [-0.2, 0) is 21.1 Å². The summed E-state index contributed by atoms with van der Waals surface area (Å²) < 4.78 is 0. The van der Waals surface area contributed by atoms with Crippen LogP contribution < -0.4 is 0 Å². The number of hydrogen-bond acceptors (Lipinski definition) is 0. The first-order valence-corrected chi connectivity index (χ1v) is 3.05. The third kappa shape index (κ3) is 30.2. The van der Waals surface area contributed by atoms with Crippen LogP contribution in [-0.4, -0.2) is 13.1 Å². The Morgan fingerprint density at radius 3 is 1.25 bits per heavy atom. The number of nitrogens with zero attached hydrogens (tertiary/aromatic N) is 1. The molecule has 0 atom stereocenters. The fourth-order valence-corrected chi connectivity index (χ4v) is 0.224. The van der Waals surface area contributed by atoms with E-state index in [0.29, 0.717) is 0 Å². The van der Waals surface area contributed by atoms with Gasteiger partial charge < -0.3 is 5.32 Å². The van der Waals surface area contributed by atoms with Gasteiger partial charge >= 0.3 is 0 Å². The van der Waals surface area contributed by atoms with Crippen LogP contribution in [0, 0.1) is 0 Å². The van der Waals surface area contributed by atoms with Crippen LogP contribution in [0.25, 0.3) is 5.32 Å². The maximum absolute atomic E-state index is 3.97. The number of rotatable bonds is 2. The third-order valence-electron chi connectivity index (χ3n) is 0.447. The van der Waals surface area contributed by atoms with E-state index in [2.05, 4.69) is 5.32 Å². The van der Waals surface area contributed by atoms with Crippen LogP contribution >= 0.6 is 0 Å². The average molecular weight is 286 g/mol. The molecule has 52 valence electrons. The van der Waals surface area contributed by atoms with Crippen LogP contribution in [0.1, 0.15) is 27.7 Å². The Hall–Kier alpha value is 0.648. The van der Waals surface area contributed by atoms with Crippen molar-refractivity contribution in [3.63, 3.8) is 0 Å². The molecule has 0 rings (SSSR count). The molecule has 0 saturated heterocycles. The monoisotopic (exact) mass is 286 g/mol. The van der Waals surface area contributed by atoms with Crippen molar-refractivity contribution < 1.29 is 21.1 Å². The van der Waals surface area contributed by atoms with Gasteiger partial charge in [-0.25, -0.2) is 0 Å². The van der Waals surface area contributed by atoms with Crippen molar-refractivity contribution in [2.24, 2.45) is 0 Å². The first-order valence-electron chi connectivity index (χ1n) is 3.05. The molecule has 0 unspecified atom stereocenters. The summed E-state index contributed by atoms with van der Waals surface area (Å²) in [7, 11) is 0. The van der Waals surface area contributed by atoms with E-state index >= 15 is 0 Å². The minimum Gasteiger partial charge on any atom is -0.663 e. The van der Waals surface area contributed by atoms with E-state index in [1.165, 1.54) is 0 Å². The molecular formula is C6H16NW-. The quantitative estimate of drug-likeness (QED) is 0.740. The minimum absolute atomic E-state index is 0. The van der Waals surface area contributed by atoms with Gasteiger partial charge in [-0.1, -0.05) is 27.7 Å². The molecule has 0 saturated carbocycles. The van der Waals surface area contributed by atoms with Gasteiger partial charge in [-0.15, -0.1) is 0 Å². The van der Waals surface area contributed by atoms with Gasteiger partial charge in [0.1, 0.15) is 0 Å². The zero-order valence-electron chi connectivity index (χ0n) is 6.27. The van der Waals surface area contributed by atoms with Gasteiger partial charge in [0.05, 0.1) is 0 Å². The Bertz CT molecular complexity index is 16.0. The Balaban J connectivity index is -0.0000000750. The van der Waals surface area contributed by atoms with Crippen LogP contribution in [0.5, 0.6) is 0 Å². The van der Waals surface area contributed by atoms with Crippen molar-refractivity contribution in [1.29, 1.82) is 0 Å². The van der Waals surface area contributed by atoms with E-state index in [9.17, 15) is 0 Å². The van der Waals surface area contributed by atoms with Gasteiger partial charge in [0.2, 0.25) is 0 Å². The van der Waals surface area contributed by atoms with Gasteiger partial charge in [-0.2, -0.15) is 13.1 Å². The van der Waals surface area contributed by atoms with Crippen molar-refractivity contribution in [2.75, 3.05) is 13.1 Å². The van der Waals surface area contributed by atoms with E-state index in [1.54, 1.807) is 0 Å². The number of hydrogen-bond donors (Lipinski definition) is 0. The molecule has 0 fully saturated rings. The van der Waals surface area contributed by atoms with Gasteiger partial charge in [-0.3, -0.25) is 0 Å². The predicted octanol–water partition coefficient (Wildman–Crippen LogP) is 2.42. The molecule has 0 spiro atoms. The van der Waals surface area contributed by atoms with Crippen LogP contribution in [0.15, 0.2) is 0 Å². The Labute approximate surface area is 67.5 Å². The van der Waals surface area contributed by atoms with E-state index in [4.69, 9.17) is 0 Å². The standard InChI is InChI=1S/C4H10N.C2H6.W/c1-3-5-4-2;1-2;/h3-4H2,1-2H3;1-2H3;/q-1;;. The zero-order valence-corrected chi connectivity index (χ0v) is 9.20. The summed E-state index contributed by atoms with van der Waals surface area (Å²) in [6.45, 7) is 10.0. The van der Waals surface area contributed by atoms with Gasteiger partial charge in [0, 0.05) is 21.1 Å². The minimum atomic E-state index is 0. The molecule has 0 aliphatic carbocycles. The van der Waals surface area contributed by atoms with Gasteiger partial charge in [0.25, 0.3) is 0 Å². The second-order valence-electron chi connectivity index (χ2n) is 0.856. The second-order valence-corrected chi connectivity index (χ2v) is 0.856. The first-order chi connectivity index (χ1) is 3.41. The molecule has 0 aliphatic rings. The first kappa shape index (κ1) is 15.9. The van der Waals surface area contributed by atoms with Crippen molar-refractivity contribution in [3.8, 4) is 0 Å². The van der Waals surface area contributed by atoms with Crippen molar-refractivity contribution >= 4 is 0 Å². The summed E-state index contributed by atoms with van der Waals surface area (Å²) in [6.07, 6.45) is 0. The van der Waals surface area contributed by atoms with Crippen molar-refractivity contribution in [2.45, 2.75) is 27.7 Å². The summed E-state index contributed by atoms with van der Waals surface area (Å²) in [6, 6.07) is 0. The van der Waals surface area contributed by atoms with Crippen LogP contribution in [0.3, 0.4) is 0 Å². The SMILES string of the molecule is CC.CC[N-]CC.[W]. The molecule has 2 heteroatoms. The molecule has 0 N–H and O–H groups in total. The van der Waals surface area contributed by atoms with E-state index in [1.807, 2.05) is 27.7 Å². The molecular weight excluding hydrogens is 270 g/mol. The molecule has 0 radical (unpaired) electrons. The molecule has 0 heterocycles. The Morgan fingerprint density at radius 2 is 1.25 bits per heavy atom. The van der Waals surface area contributed by atoms with Crippen molar-refractivity contribution in [1.82, 2.24) is 0 Å². The fourth-order valence-electron chi connectivity index (χ4n) is 0.224. The third-order valence-corrected chi connectivity index (χ3v) is 0.447. The predicted molar refractivity (Wildman–Crippen MR) is 35.8 cm³/mol. The summed E-state index contributed by atoms with van der Waals surface area (Å²) in [5.74, 6) is 0.